The molecule has 4 N–H and O–H groups in total. The van der Waals surface area contributed by atoms with E-state index in [-0.39, 0.29) is 34.2 Å². The number of aliphatic carboxylic acids is 1. The molecule has 12 heteroatoms. The van der Waals surface area contributed by atoms with Crippen LogP contribution in [0.1, 0.15) is 36.2 Å². The van der Waals surface area contributed by atoms with E-state index >= 15 is 0 Å². The number of carboxylic acid groups (broad SMARTS) is 2. The molecule has 0 aliphatic carbocycles. The first-order valence-corrected chi connectivity index (χ1v) is 14.4. The third-order valence-corrected chi connectivity index (χ3v) is 9.84. The van der Waals surface area contributed by atoms with Gasteiger partial charge >= 0.3 is 11.9 Å². The van der Waals surface area contributed by atoms with Gasteiger partial charge in [0.1, 0.15) is 5.70 Å². The molecular formula is C27H29N3O7S2. The number of carbonyl (C=O) groups is 4. The Bertz CT molecular complexity index is 1340. The van der Waals surface area contributed by atoms with Crippen molar-refractivity contribution >= 4 is 52.5 Å². The molecule has 1 aromatic carbocycles. The van der Waals surface area contributed by atoms with E-state index in [2.05, 4.69) is 10.2 Å². The van der Waals surface area contributed by atoms with Crippen molar-refractivity contribution in [3.05, 3.63) is 62.8 Å². The Hall–Kier alpha value is -3.19. The smallest absolute Gasteiger partial charge is 0.353 e. The number of hydrogen-bond donors (Lipinski definition) is 4. The van der Waals surface area contributed by atoms with E-state index in [4.69, 9.17) is 0 Å². The van der Waals surface area contributed by atoms with E-state index in [0.29, 0.717) is 30.1 Å². The van der Waals surface area contributed by atoms with Gasteiger partial charge in [-0.25, -0.2) is 9.59 Å². The fourth-order valence-corrected chi connectivity index (χ4v) is 8.04. The van der Waals surface area contributed by atoms with Crippen molar-refractivity contribution in [2.45, 2.75) is 50.3 Å². The maximum atomic E-state index is 13.4. The van der Waals surface area contributed by atoms with E-state index in [1.165, 1.54) is 28.8 Å². The number of carboxylic acids is 2. The lowest BCUT2D eigenvalue weighted by atomic mass is 9.79. The topological polar surface area (TPSA) is 147 Å². The van der Waals surface area contributed by atoms with Gasteiger partial charge in [0, 0.05) is 34.8 Å². The summed E-state index contributed by atoms with van der Waals surface area (Å²) < 4.78 is 0. The second kappa shape index (κ2) is 10.8. The highest BCUT2D eigenvalue weighted by atomic mass is 32.2. The summed E-state index contributed by atoms with van der Waals surface area (Å²) in [6.07, 6.45) is -0.429. The maximum Gasteiger partial charge on any atom is 0.353 e. The fourth-order valence-electron chi connectivity index (χ4n) is 5.83. The van der Waals surface area contributed by atoms with Crippen LogP contribution in [0, 0.1) is 11.8 Å². The number of aliphatic hydroxyl groups is 1. The predicted molar refractivity (Wildman–Crippen MR) is 146 cm³/mol. The minimum atomic E-state index is -1.18. The fraction of sp³-hybridized carbons (Fsp3) is 0.407. The molecule has 6 atom stereocenters. The van der Waals surface area contributed by atoms with Crippen LogP contribution in [-0.2, 0) is 20.9 Å². The predicted octanol–water partition coefficient (Wildman–Crippen LogP) is 2.91. The van der Waals surface area contributed by atoms with E-state index < -0.39 is 36.0 Å². The monoisotopic (exact) mass is 571 g/mol. The van der Waals surface area contributed by atoms with Crippen molar-refractivity contribution in [3.8, 4) is 0 Å². The number of thiophene rings is 1. The normalized spacial score (nSPS) is 27.3. The summed E-state index contributed by atoms with van der Waals surface area (Å²) in [5.41, 5.74) is 1.49. The summed E-state index contributed by atoms with van der Waals surface area (Å²) in [5.74, 6) is -3.79. The first kappa shape index (κ1) is 27.4. The van der Waals surface area contributed by atoms with Gasteiger partial charge < -0.3 is 25.5 Å². The largest absolute Gasteiger partial charge is 0.478 e. The minimum Gasteiger partial charge on any atom is -0.478 e. The van der Waals surface area contributed by atoms with E-state index in [9.17, 15) is 34.5 Å². The van der Waals surface area contributed by atoms with Crippen molar-refractivity contribution in [3.63, 3.8) is 0 Å². The molecule has 0 saturated carbocycles. The lowest BCUT2D eigenvalue weighted by molar-refractivity contribution is -0.163. The van der Waals surface area contributed by atoms with Gasteiger partial charge in [-0.05, 0) is 53.9 Å². The third-order valence-electron chi connectivity index (χ3n) is 7.62. The highest BCUT2D eigenvalue weighted by molar-refractivity contribution is 8.03. The summed E-state index contributed by atoms with van der Waals surface area (Å²) >= 11 is 2.96. The molecule has 2 aromatic rings. The van der Waals surface area contributed by atoms with Gasteiger partial charge in [-0.2, -0.15) is 11.3 Å². The molecule has 2 fully saturated rings. The molecule has 206 valence electrons. The van der Waals surface area contributed by atoms with Crippen LogP contribution in [0.4, 0.5) is 5.69 Å². The van der Waals surface area contributed by atoms with Gasteiger partial charge in [0.05, 0.1) is 29.7 Å². The average Bonchev–Trinajstić information content (AvgIpc) is 3.58. The maximum absolute atomic E-state index is 13.4. The molecule has 3 aliphatic heterocycles. The first-order chi connectivity index (χ1) is 18.6. The number of thioether (sulfide) groups is 1. The summed E-state index contributed by atoms with van der Waals surface area (Å²) in [7, 11) is 0. The summed E-state index contributed by atoms with van der Waals surface area (Å²) in [6, 6.07) is 7.15. The molecule has 39 heavy (non-hydrogen) atoms. The lowest BCUT2D eigenvalue weighted by Gasteiger charge is -2.46. The second-order valence-electron chi connectivity index (χ2n) is 10.2. The third kappa shape index (κ3) is 5.09. The number of carbonyl (C=O) groups excluding carboxylic acids is 2. The molecule has 3 aliphatic rings. The molecule has 0 bridgehead atoms. The lowest BCUT2D eigenvalue weighted by Crippen LogP contribution is -2.63. The number of amides is 2. The Morgan fingerprint density at radius 1 is 1.21 bits per heavy atom. The van der Waals surface area contributed by atoms with Crippen molar-refractivity contribution in [1.29, 1.82) is 0 Å². The molecule has 0 spiro atoms. The minimum absolute atomic E-state index is 0.0258. The van der Waals surface area contributed by atoms with E-state index in [1.54, 1.807) is 30.4 Å². The number of fused-ring (bicyclic) bond motifs is 1. The molecule has 0 radical (unpaired) electrons. The van der Waals surface area contributed by atoms with Crippen molar-refractivity contribution < 1.29 is 34.5 Å². The average molecular weight is 572 g/mol. The Kier molecular flexibility index (Phi) is 7.55. The van der Waals surface area contributed by atoms with Gasteiger partial charge in [0.15, 0.2) is 0 Å². The summed E-state index contributed by atoms with van der Waals surface area (Å²) in [6.45, 7) is 4.49. The Morgan fingerprint density at radius 2 is 1.97 bits per heavy atom. The van der Waals surface area contributed by atoms with Crippen molar-refractivity contribution in [2.24, 2.45) is 11.8 Å². The van der Waals surface area contributed by atoms with Crippen LogP contribution in [-0.4, -0.2) is 78.9 Å². The number of likely N-dealkylation sites (tertiary alicyclic amines) is 1. The summed E-state index contributed by atoms with van der Waals surface area (Å²) in [5, 5.41) is 36.1. The SMILES string of the molecule is C[C@@H](O)[C@H]1C(=O)N2C(C(=O)O)=C(S[C@H]3C[C@@H](C(=O)Nc4cccc(C(=O)O)c4)N(Cc4ccsc4)C3)[C@H](C)[C@H]12. The number of anilines is 1. The summed E-state index contributed by atoms with van der Waals surface area (Å²) in [4.78, 5) is 53.7. The zero-order valence-corrected chi connectivity index (χ0v) is 22.9. The number of rotatable bonds is 9. The first-order valence-electron chi connectivity index (χ1n) is 12.6. The van der Waals surface area contributed by atoms with Crippen LogP contribution in [0.25, 0.3) is 0 Å². The second-order valence-corrected chi connectivity index (χ2v) is 12.3. The number of β-lactam (4-membered cyclic amide) rings is 1. The van der Waals surface area contributed by atoms with Gasteiger partial charge in [0.25, 0.3) is 0 Å². The standard InChI is InChI=1S/C27H29N3O7S2/c1-13-21-20(14(2)31)25(33)30(21)22(27(36)37)23(13)39-18-9-19(29(11-18)10-15-6-7-38-12-15)24(32)28-17-5-3-4-16(8-17)26(34)35/h3-8,12-14,18-21,31H,9-11H2,1-2H3,(H,28,32)(H,34,35)(H,36,37)/t13-,14-,18+,19+,20-,21-/m1/s1. The zero-order chi connectivity index (χ0) is 28.0. The van der Waals surface area contributed by atoms with E-state index in [0.717, 1.165) is 5.56 Å². The van der Waals surface area contributed by atoms with Crippen LogP contribution in [0.2, 0.25) is 0 Å². The number of benzene rings is 1. The Labute approximate surface area is 233 Å². The van der Waals surface area contributed by atoms with Crippen molar-refractivity contribution in [2.75, 3.05) is 11.9 Å². The Morgan fingerprint density at radius 3 is 2.62 bits per heavy atom. The quantitative estimate of drug-likeness (QED) is 0.334. The number of hydrogen-bond acceptors (Lipinski definition) is 8. The van der Waals surface area contributed by atoms with E-state index in [1.807, 2.05) is 23.8 Å². The van der Waals surface area contributed by atoms with Gasteiger partial charge in [-0.15, -0.1) is 11.8 Å². The van der Waals surface area contributed by atoms with Crippen molar-refractivity contribution in [1.82, 2.24) is 9.80 Å². The molecule has 1 aromatic heterocycles. The zero-order valence-electron chi connectivity index (χ0n) is 21.3. The Balaban J connectivity index is 1.37. The molecular weight excluding hydrogens is 542 g/mol. The highest BCUT2D eigenvalue weighted by Crippen LogP contribution is 2.52. The van der Waals surface area contributed by atoms with Crippen LogP contribution >= 0.6 is 23.1 Å². The molecule has 0 unspecified atom stereocenters. The number of nitrogens with zero attached hydrogens (tertiary/aromatic N) is 2. The van der Waals surface area contributed by atoms with Crippen LogP contribution in [0.5, 0.6) is 0 Å². The van der Waals surface area contributed by atoms with Crippen LogP contribution < -0.4 is 5.32 Å². The molecule has 2 amide bonds. The van der Waals surface area contributed by atoms with Crippen LogP contribution in [0.15, 0.2) is 51.7 Å². The van der Waals surface area contributed by atoms with Crippen LogP contribution in [0.3, 0.4) is 0 Å². The number of aliphatic hydroxyl groups excluding tert-OH is 1. The van der Waals surface area contributed by atoms with Gasteiger partial charge in [-0.1, -0.05) is 13.0 Å². The number of nitrogens with one attached hydrogen (secondary N) is 1. The molecule has 2 saturated heterocycles. The van der Waals surface area contributed by atoms with Gasteiger partial charge in [-0.3, -0.25) is 14.5 Å². The molecule has 5 rings (SSSR count). The molecule has 10 nitrogen and oxygen atoms in total. The molecule has 4 heterocycles. The highest BCUT2D eigenvalue weighted by Gasteiger charge is 2.60. The number of aromatic carboxylic acids is 1. The van der Waals surface area contributed by atoms with Gasteiger partial charge in [0.2, 0.25) is 11.8 Å².